The van der Waals surface area contributed by atoms with Gasteiger partial charge in [-0.3, -0.25) is 0 Å². The second-order valence-corrected chi connectivity index (χ2v) is 7.75. The number of hydrogen-bond donors (Lipinski definition) is 0. The average molecular weight is 362 g/mol. The third kappa shape index (κ3) is 1.99. The molecule has 0 atom stereocenters. The van der Waals surface area contributed by atoms with Crippen molar-refractivity contribution in [1.82, 2.24) is 0 Å². The van der Waals surface area contributed by atoms with Gasteiger partial charge in [0.05, 0.1) is 0 Å². The van der Waals surface area contributed by atoms with Gasteiger partial charge >= 0.3 is 0 Å². The number of aryl methyl sites for hydroxylation is 2. The minimum absolute atomic E-state index is 0.929. The van der Waals surface area contributed by atoms with E-state index in [9.17, 15) is 2.74 Å². The zero-order valence-corrected chi connectivity index (χ0v) is 16.0. The van der Waals surface area contributed by atoms with Gasteiger partial charge in [0.1, 0.15) is 7.05 Å². The molecule has 1 heterocycles. The highest BCUT2D eigenvalue weighted by Gasteiger charge is 2.41. The molecule has 0 unspecified atom stereocenters. The maximum Gasteiger partial charge on any atom is 0.212 e. The zero-order valence-electron chi connectivity index (χ0n) is 18.0. The van der Waals surface area contributed by atoms with Crippen LogP contribution in [0.2, 0.25) is 0 Å². The Hall–Kier alpha value is -3.19. The van der Waals surface area contributed by atoms with Crippen LogP contribution < -0.4 is 4.57 Å². The maximum atomic E-state index is 9.83. The van der Waals surface area contributed by atoms with Gasteiger partial charge in [-0.2, -0.15) is 0 Å². The van der Waals surface area contributed by atoms with Crippen LogP contribution in [-0.4, -0.2) is 0 Å². The van der Waals surface area contributed by atoms with Crippen LogP contribution in [0, 0.1) is 6.92 Å². The molecule has 0 saturated heterocycles. The van der Waals surface area contributed by atoms with Gasteiger partial charge in [0.15, 0.2) is 6.20 Å². The van der Waals surface area contributed by atoms with Crippen LogP contribution in [-0.2, 0) is 7.05 Å². The highest BCUT2D eigenvalue weighted by atomic mass is 14.9. The van der Waals surface area contributed by atoms with Gasteiger partial charge in [-0.05, 0) is 58.0 Å². The molecule has 3 aromatic carbocycles. The topological polar surface area (TPSA) is 3.88 Å². The quantitative estimate of drug-likeness (QED) is 0.395. The summed E-state index contributed by atoms with van der Waals surface area (Å²) in [5.41, 5.74) is 8.96. The Kier molecular flexibility index (Phi) is 2.81. The molecule has 2 bridgehead atoms. The second kappa shape index (κ2) is 5.65. The fraction of sp³-hybridized carbons (Fsp3) is 0.148. The van der Waals surface area contributed by atoms with Gasteiger partial charge in [-0.15, -0.1) is 0 Å². The third-order valence-electron chi connectivity index (χ3n) is 6.17. The lowest BCUT2D eigenvalue weighted by atomic mass is 9.60. The first-order valence-electron chi connectivity index (χ1n) is 10.8. The summed E-state index contributed by atoms with van der Waals surface area (Å²) in [7, 11) is 2.05. The molecule has 1 heteroatoms. The van der Waals surface area contributed by atoms with E-state index in [1.165, 1.54) is 0 Å². The van der Waals surface area contributed by atoms with Crippen LogP contribution in [0.1, 0.15) is 53.5 Å². The minimum Gasteiger partial charge on any atom is -0.201 e. The van der Waals surface area contributed by atoms with Crippen molar-refractivity contribution in [2.45, 2.75) is 18.7 Å². The first kappa shape index (κ1) is 13.9. The highest BCUT2D eigenvalue weighted by Crippen LogP contribution is 2.56. The smallest absolute Gasteiger partial charge is 0.201 e. The summed E-state index contributed by atoms with van der Waals surface area (Å²) in [6.45, 7) is 2.11. The van der Waals surface area contributed by atoms with Gasteiger partial charge in [0.2, 0.25) is 5.69 Å². The number of hydrogen-bond acceptors (Lipinski definition) is 0. The number of pyridine rings is 1. The fourth-order valence-corrected chi connectivity index (χ4v) is 4.91. The van der Waals surface area contributed by atoms with Crippen molar-refractivity contribution >= 4 is 0 Å². The summed E-state index contributed by atoms with van der Waals surface area (Å²) in [6, 6.07) is 26.6. The van der Waals surface area contributed by atoms with E-state index in [1.807, 2.05) is 73.9 Å². The van der Waals surface area contributed by atoms with E-state index in [0.717, 1.165) is 50.2 Å². The molecule has 4 aromatic rings. The second-order valence-electron chi connectivity index (χ2n) is 7.75. The van der Waals surface area contributed by atoms with Crippen LogP contribution in [0.4, 0.5) is 0 Å². The molecule has 1 aromatic heterocycles. The Morgan fingerprint density at radius 3 is 1.71 bits per heavy atom. The fourth-order valence-electron chi connectivity index (χ4n) is 4.91. The Morgan fingerprint density at radius 1 is 0.679 bits per heavy atom. The molecule has 0 radical (unpaired) electrons. The molecule has 1 nitrogen and oxygen atoms in total. The first-order chi connectivity index (χ1) is 14.5. The van der Waals surface area contributed by atoms with Crippen LogP contribution in [0.15, 0.2) is 85.1 Å². The SMILES string of the molecule is [2H]C12c3ccccc3C([2H])(c3ccccc31)c1cc(-c3cccc[n+]3C)c(C)cc12. The van der Waals surface area contributed by atoms with Gasteiger partial charge in [0.25, 0.3) is 0 Å². The lowest BCUT2D eigenvalue weighted by molar-refractivity contribution is -0.660. The Labute approximate surface area is 168 Å². The van der Waals surface area contributed by atoms with Crippen LogP contribution in [0.25, 0.3) is 11.3 Å². The molecule has 7 rings (SSSR count). The van der Waals surface area contributed by atoms with E-state index in [0.29, 0.717) is 0 Å². The lowest BCUT2D eigenvalue weighted by Gasteiger charge is -2.42. The van der Waals surface area contributed by atoms with Crippen molar-refractivity contribution in [3.8, 4) is 11.3 Å². The molecule has 3 aliphatic rings. The molecular weight excluding hydrogens is 338 g/mol. The van der Waals surface area contributed by atoms with Crippen molar-refractivity contribution in [3.05, 3.63) is 124 Å². The molecule has 0 N–H and O–H groups in total. The van der Waals surface area contributed by atoms with Gasteiger partial charge < -0.3 is 0 Å². The van der Waals surface area contributed by atoms with Crippen LogP contribution >= 0.6 is 0 Å². The van der Waals surface area contributed by atoms with E-state index in [2.05, 4.69) is 29.7 Å². The molecule has 0 fully saturated rings. The van der Waals surface area contributed by atoms with Crippen LogP contribution in [0.3, 0.4) is 0 Å². The Bertz CT molecular complexity index is 1310. The van der Waals surface area contributed by atoms with E-state index >= 15 is 0 Å². The molecule has 3 aliphatic carbocycles. The zero-order chi connectivity index (χ0) is 20.7. The Morgan fingerprint density at radius 2 is 1.18 bits per heavy atom. The average Bonchev–Trinajstić information content (AvgIpc) is 2.77. The number of rotatable bonds is 1. The predicted octanol–water partition coefficient (Wildman–Crippen LogP) is 5.47. The van der Waals surface area contributed by atoms with Crippen molar-refractivity contribution in [2.24, 2.45) is 7.05 Å². The monoisotopic (exact) mass is 362 g/mol. The summed E-state index contributed by atoms with van der Waals surface area (Å²) in [5, 5.41) is 0. The maximum absolute atomic E-state index is 9.83. The third-order valence-corrected chi connectivity index (χ3v) is 6.17. The molecular formula is C27H22N+. The molecule has 134 valence electrons. The van der Waals surface area contributed by atoms with Gasteiger partial charge in [-0.1, -0.05) is 54.6 Å². The van der Waals surface area contributed by atoms with Crippen molar-refractivity contribution < 1.29 is 7.31 Å². The summed E-state index contributed by atoms with van der Waals surface area (Å²) in [4.78, 5) is 0. The van der Waals surface area contributed by atoms with E-state index < -0.39 is 11.8 Å². The van der Waals surface area contributed by atoms with Crippen molar-refractivity contribution in [1.29, 1.82) is 0 Å². The summed E-state index contributed by atoms with van der Waals surface area (Å²) >= 11 is 0. The number of benzene rings is 3. The molecule has 28 heavy (non-hydrogen) atoms. The summed E-state index contributed by atoms with van der Waals surface area (Å²) in [6.07, 6.45) is 2.05. The lowest BCUT2D eigenvalue weighted by Crippen LogP contribution is -2.31. The number of nitrogens with zero attached hydrogens (tertiary/aromatic N) is 1. The first-order valence-corrected chi connectivity index (χ1v) is 9.78. The summed E-state index contributed by atoms with van der Waals surface area (Å²) in [5.74, 6) is -2.01. The van der Waals surface area contributed by atoms with Crippen LogP contribution in [0.5, 0.6) is 0 Å². The molecule has 0 spiro atoms. The van der Waals surface area contributed by atoms with E-state index in [4.69, 9.17) is 0 Å². The largest absolute Gasteiger partial charge is 0.212 e. The molecule has 0 saturated carbocycles. The Balaban J connectivity index is 1.75. The van der Waals surface area contributed by atoms with Crippen molar-refractivity contribution in [2.75, 3.05) is 0 Å². The molecule has 0 aliphatic heterocycles. The highest BCUT2D eigenvalue weighted by molar-refractivity contribution is 5.73. The molecule has 0 amide bonds. The van der Waals surface area contributed by atoms with Crippen molar-refractivity contribution in [3.63, 3.8) is 0 Å². The van der Waals surface area contributed by atoms with Gasteiger partial charge in [-0.25, -0.2) is 4.57 Å². The van der Waals surface area contributed by atoms with E-state index in [-0.39, 0.29) is 0 Å². The van der Waals surface area contributed by atoms with E-state index in [1.54, 1.807) is 0 Å². The standard InChI is InChI=1S/C27H22N/c1-17-15-23-24(16-22(17)25-13-7-8-14-28(25)2)27-20-11-5-3-9-18(20)26(23)19-10-4-6-12-21(19)27/h3-16,26-27H,1-2H3/q+1/i26D,27D. The minimum atomic E-state index is -1.01. The predicted molar refractivity (Wildman–Crippen MR) is 113 cm³/mol. The summed E-state index contributed by atoms with van der Waals surface area (Å²) < 4.78 is 21.7. The number of aromatic nitrogens is 1. The normalized spacial score (nSPS) is 24.6. The van der Waals surface area contributed by atoms with Gasteiger partial charge in [0, 0.05) is 32.2 Å².